The van der Waals surface area contributed by atoms with Crippen LogP contribution in [0.25, 0.3) is 0 Å². The lowest BCUT2D eigenvalue weighted by molar-refractivity contribution is -0.233. The van der Waals surface area contributed by atoms with Gasteiger partial charge in [0.05, 0.1) is 13.2 Å². The van der Waals surface area contributed by atoms with Crippen LogP contribution in [-0.4, -0.2) is 19.0 Å². The van der Waals surface area contributed by atoms with Crippen molar-refractivity contribution in [2.24, 2.45) is 5.41 Å². The van der Waals surface area contributed by atoms with Crippen molar-refractivity contribution in [2.75, 3.05) is 13.2 Å². The zero-order valence-corrected chi connectivity index (χ0v) is 8.84. The molecule has 0 unspecified atom stereocenters. The molecule has 1 spiro atoms. The van der Waals surface area contributed by atoms with Gasteiger partial charge in [-0.15, -0.1) is 0 Å². The summed E-state index contributed by atoms with van der Waals surface area (Å²) >= 11 is 0. The minimum Gasteiger partial charge on any atom is -0.347 e. The molecule has 14 heavy (non-hydrogen) atoms. The van der Waals surface area contributed by atoms with E-state index in [9.17, 15) is 0 Å². The van der Waals surface area contributed by atoms with Gasteiger partial charge in [0.2, 0.25) is 0 Å². The first-order valence-electron chi connectivity index (χ1n) is 5.74. The maximum Gasteiger partial charge on any atom is 0.177 e. The minimum absolute atomic E-state index is 0.182. The normalized spacial score (nSPS) is 39.9. The lowest BCUT2D eigenvalue weighted by atomic mass is 9.68. The second kappa shape index (κ2) is 2.83. The summed E-state index contributed by atoms with van der Waals surface area (Å²) < 4.78 is 11.9. The van der Waals surface area contributed by atoms with Crippen LogP contribution in [0.5, 0.6) is 0 Å². The van der Waals surface area contributed by atoms with Crippen molar-refractivity contribution in [2.45, 2.75) is 44.8 Å². The summed E-state index contributed by atoms with van der Waals surface area (Å²) in [7, 11) is 0. The Balaban J connectivity index is 2.01. The van der Waals surface area contributed by atoms with E-state index in [1.165, 1.54) is 25.7 Å². The van der Waals surface area contributed by atoms with Crippen molar-refractivity contribution in [3.05, 3.63) is 11.6 Å². The Hall–Kier alpha value is -0.340. The van der Waals surface area contributed by atoms with Crippen molar-refractivity contribution in [1.29, 1.82) is 0 Å². The second-order valence-electron chi connectivity index (χ2n) is 4.90. The molecule has 2 nitrogen and oxygen atoms in total. The van der Waals surface area contributed by atoms with Gasteiger partial charge in [-0.3, -0.25) is 0 Å². The van der Waals surface area contributed by atoms with E-state index in [-0.39, 0.29) is 11.2 Å². The summed E-state index contributed by atoms with van der Waals surface area (Å²) in [5.41, 5.74) is 1.77. The molecule has 0 amide bonds. The van der Waals surface area contributed by atoms with E-state index in [4.69, 9.17) is 9.47 Å². The molecule has 1 saturated carbocycles. The SMILES string of the molecule is C[C@]12CCC=C1CCCC21OCCO1. The molecule has 0 aromatic rings. The van der Waals surface area contributed by atoms with Gasteiger partial charge in [0.15, 0.2) is 5.79 Å². The third-order valence-electron chi connectivity index (χ3n) is 4.29. The summed E-state index contributed by atoms with van der Waals surface area (Å²) in [4.78, 5) is 0. The van der Waals surface area contributed by atoms with Crippen molar-refractivity contribution in [3.8, 4) is 0 Å². The third kappa shape index (κ3) is 0.934. The van der Waals surface area contributed by atoms with Crippen molar-refractivity contribution in [3.63, 3.8) is 0 Å². The van der Waals surface area contributed by atoms with Crippen LogP contribution in [0.1, 0.15) is 39.0 Å². The molecule has 1 aliphatic heterocycles. The van der Waals surface area contributed by atoms with Crippen molar-refractivity contribution in [1.82, 2.24) is 0 Å². The minimum atomic E-state index is -0.256. The van der Waals surface area contributed by atoms with Crippen LogP contribution in [0.2, 0.25) is 0 Å². The smallest absolute Gasteiger partial charge is 0.177 e. The van der Waals surface area contributed by atoms with E-state index in [2.05, 4.69) is 13.0 Å². The number of fused-ring (bicyclic) bond motifs is 2. The monoisotopic (exact) mass is 194 g/mol. The number of ether oxygens (including phenoxy) is 2. The van der Waals surface area contributed by atoms with Gasteiger partial charge in [-0.1, -0.05) is 18.6 Å². The highest BCUT2D eigenvalue weighted by atomic mass is 16.7. The van der Waals surface area contributed by atoms with Crippen molar-refractivity contribution >= 4 is 0 Å². The van der Waals surface area contributed by atoms with Crippen LogP contribution < -0.4 is 0 Å². The average molecular weight is 194 g/mol. The van der Waals surface area contributed by atoms with Crippen LogP contribution in [0.3, 0.4) is 0 Å². The zero-order chi connectivity index (χ0) is 9.65. The van der Waals surface area contributed by atoms with Crippen LogP contribution >= 0.6 is 0 Å². The predicted octanol–water partition coefficient (Wildman–Crippen LogP) is 2.64. The molecule has 0 aromatic heterocycles. The van der Waals surface area contributed by atoms with Gasteiger partial charge >= 0.3 is 0 Å². The Labute approximate surface area is 85.3 Å². The van der Waals surface area contributed by atoms with E-state index in [0.717, 1.165) is 19.6 Å². The molecule has 2 heteroatoms. The topological polar surface area (TPSA) is 18.5 Å². The highest BCUT2D eigenvalue weighted by molar-refractivity contribution is 5.26. The molecule has 0 N–H and O–H groups in total. The lowest BCUT2D eigenvalue weighted by Crippen LogP contribution is -2.49. The Morgan fingerprint density at radius 1 is 1.21 bits per heavy atom. The van der Waals surface area contributed by atoms with Crippen LogP contribution in [0.4, 0.5) is 0 Å². The van der Waals surface area contributed by atoms with Gasteiger partial charge in [-0.25, -0.2) is 0 Å². The van der Waals surface area contributed by atoms with Crippen LogP contribution in [0, 0.1) is 5.41 Å². The van der Waals surface area contributed by atoms with E-state index >= 15 is 0 Å². The first kappa shape index (κ1) is 8.93. The zero-order valence-electron chi connectivity index (χ0n) is 8.84. The Bertz CT molecular complexity index is 276. The third-order valence-corrected chi connectivity index (χ3v) is 4.29. The largest absolute Gasteiger partial charge is 0.347 e. The molecule has 0 aromatic carbocycles. The number of hydrogen-bond donors (Lipinski definition) is 0. The summed E-state index contributed by atoms with van der Waals surface area (Å²) in [6.45, 7) is 3.89. The summed E-state index contributed by atoms with van der Waals surface area (Å²) in [6.07, 6.45) is 8.39. The molecule has 0 radical (unpaired) electrons. The summed E-state index contributed by atoms with van der Waals surface area (Å²) in [6, 6.07) is 0. The molecule has 1 saturated heterocycles. The quantitative estimate of drug-likeness (QED) is 0.552. The van der Waals surface area contributed by atoms with E-state index < -0.39 is 0 Å². The molecule has 3 aliphatic rings. The van der Waals surface area contributed by atoms with Crippen molar-refractivity contribution < 1.29 is 9.47 Å². The first-order valence-corrected chi connectivity index (χ1v) is 5.74. The Kier molecular flexibility index (Phi) is 1.80. The molecule has 0 bridgehead atoms. The maximum atomic E-state index is 5.94. The number of hydrogen-bond acceptors (Lipinski definition) is 2. The summed E-state index contributed by atoms with van der Waals surface area (Å²) in [5, 5.41) is 0. The van der Waals surface area contributed by atoms with Crippen LogP contribution in [0.15, 0.2) is 11.6 Å². The fraction of sp³-hybridized carbons (Fsp3) is 0.833. The Morgan fingerprint density at radius 3 is 2.79 bits per heavy atom. The summed E-state index contributed by atoms with van der Waals surface area (Å²) in [5.74, 6) is -0.256. The van der Waals surface area contributed by atoms with E-state index in [0.29, 0.717) is 0 Å². The van der Waals surface area contributed by atoms with Gasteiger partial charge in [-0.2, -0.15) is 0 Å². The molecule has 3 rings (SSSR count). The van der Waals surface area contributed by atoms with Gasteiger partial charge in [0.25, 0.3) is 0 Å². The fourth-order valence-electron chi connectivity index (χ4n) is 3.44. The molecule has 1 heterocycles. The molecule has 78 valence electrons. The van der Waals surface area contributed by atoms with Gasteiger partial charge < -0.3 is 9.47 Å². The predicted molar refractivity (Wildman–Crippen MR) is 53.9 cm³/mol. The van der Waals surface area contributed by atoms with Gasteiger partial charge in [0, 0.05) is 11.8 Å². The van der Waals surface area contributed by atoms with Gasteiger partial charge in [0.1, 0.15) is 0 Å². The highest BCUT2D eigenvalue weighted by Gasteiger charge is 2.57. The molecular formula is C12H18O2. The average Bonchev–Trinajstić information content (AvgIpc) is 2.76. The molecule has 2 aliphatic carbocycles. The van der Waals surface area contributed by atoms with Gasteiger partial charge in [-0.05, 0) is 25.7 Å². The fourth-order valence-corrected chi connectivity index (χ4v) is 3.44. The second-order valence-corrected chi connectivity index (χ2v) is 4.90. The number of rotatable bonds is 0. The Morgan fingerprint density at radius 2 is 2.00 bits per heavy atom. The lowest BCUT2D eigenvalue weighted by Gasteiger charge is -2.47. The van der Waals surface area contributed by atoms with E-state index in [1.54, 1.807) is 5.57 Å². The standard InChI is InChI=1S/C12H18O2/c1-11-6-2-4-10(11)5-3-7-12(11)13-8-9-14-12/h4H,2-3,5-9H2,1H3/t11-/m0/s1. The highest BCUT2D eigenvalue weighted by Crippen LogP contribution is 2.57. The maximum absolute atomic E-state index is 5.94. The van der Waals surface area contributed by atoms with Crippen LogP contribution in [-0.2, 0) is 9.47 Å². The molecule has 2 fully saturated rings. The molecule has 1 atom stereocenters. The first-order chi connectivity index (χ1) is 6.77. The number of allylic oxidation sites excluding steroid dienone is 1. The molecular weight excluding hydrogens is 176 g/mol. The van der Waals surface area contributed by atoms with E-state index in [1.807, 2.05) is 0 Å².